The number of halogens is 2. The van der Waals surface area contributed by atoms with Crippen molar-refractivity contribution in [2.45, 2.75) is 12.8 Å². The Balaban J connectivity index is 1.88. The van der Waals surface area contributed by atoms with Crippen molar-refractivity contribution >= 4 is 21.8 Å². The van der Waals surface area contributed by atoms with Crippen LogP contribution in [0.1, 0.15) is 12.8 Å². The molecule has 1 heterocycles. The summed E-state index contributed by atoms with van der Waals surface area (Å²) in [5.41, 5.74) is 0. The summed E-state index contributed by atoms with van der Waals surface area (Å²) in [5.74, 6) is -0.0554. The number of hydrogen-bond acceptors (Lipinski definition) is 2. The third-order valence-electron chi connectivity index (χ3n) is 2.71. The zero-order valence-electron chi connectivity index (χ0n) is 9.29. The Bertz CT molecular complexity index is 419. The molecule has 1 aliphatic rings. The van der Waals surface area contributed by atoms with Crippen molar-refractivity contribution in [3.8, 4) is 5.75 Å². The van der Waals surface area contributed by atoms with Crippen LogP contribution in [0.25, 0.3) is 0 Å². The molecule has 17 heavy (non-hydrogen) atoms. The SMILES string of the molecule is O=C(COc1ccc(Br)c(F)c1)N1CCCC1. The highest BCUT2D eigenvalue weighted by atomic mass is 79.9. The van der Waals surface area contributed by atoms with E-state index in [1.165, 1.54) is 6.07 Å². The normalized spacial score (nSPS) is 15.1. The second-order valence-electron chi connectivity index (χ2n) is 3.95. The Hall–Kier alpha value is -1.10. The summed E-state index contributed by atoms with van der Waals surface area (Å²) in [6.07, 6.45) is 2.11. The molecule has 0 bridgehead atoms. The lowest BCUT2D eigenvalue weighted by atomic mass is 10.3. The van der Waals surface area contributed by atoms with Crippen LogP contribution in [0.4, 0.5) is 4.39 Å². The van der Waals surface area contributed by atoms with Crippen LogP contribution in [-0.2, 0) is 4.79 Å². The molecule has 1 aliphatic heterocycles. The third-order valence-corrected chi connectivity index (χ3v) is 3.36. The number of benzene rings is 1. The molecule has 0 spiro atoms. The molecule has 0 unspecified atom stereocenters. The lowest BCUT2D eigenvalue weighted by Gasteiger charge is -2.15. The number of rotatable bonds is 3. The molecule has 92 valence electrons. The van der Waals surface area contributed by atoms with Gasteiger partial charge in [0.25, 0.3) is 5.91 Å². The number of amides is 1. The molecule has 0 atom stereocenters. The van der Waals surface area contributed by atoms with Crippen molar-refractivity contribution in [1.82, 2.24) is 4.90 Å². The number of carbonyl (C=O) groups is 1. The van der Waals surface area contributed by atoms with Gasteiger partial charge in [-0.05, 0) is 40.9 Å². The molecular formula is C12H13BrFNO2. The van der Waals surface area contributed by atoms with Gasteiger partial charge in [0.2, 0.25) is 0 Å². The molecule has 3 nitrogen and oxygen atoms in total. The molecule has 0 aromatic heterocycles. The molecule has 0 aliphatic carbocycles. The molecule has 1 amide bonds. The fourth-order valence-electron chi connectivity index (χ4n) is 1.77. The average molecular weight is 302 g/mol. The van der Waals surface area contributed by atoms with Gasteiger partial charge < -0.3 is 9.64 Å². The van der Waals surface area contributed by atoms with Crippen molar-refractivity contribution in [3.63, 3.8) is 0 Å². The van der Waals surface area contributed by atoms with E-state index in [9.17, 15) is 9.18 Å². The van der Waals surface area contributed by atoms with Crippen molar-refractivity contribution in [3.05, 3.63) is 28.5 Å². The Kier molecular flexibility index (Phi) is 3.99. The van der Waals surface area contributed by atoms with Crippen LogP contribution in [0.5, 0.6) is 5.75 Å². The number of ether oxygens (including phenoxy) is 1. The number of hydrogen-bond donors (Lipinski definition) is 0. The van der Waals surface area contributed by atoms with Gasteiger partial charge in [-0.2, -0.15) is 0 Å². The van der Waals surface area contributed by atoms with E-state index in [2.05, 4.69) is 15.9 Å². The zero-order valence-corrected chi connectivity index (χ0v) is 10.9. The second kappa shape index (κ2) is 5.49. The van der Waals surface area contributed by atoms with Gasteiger partial charge in [0.1, 0.15) is 11.6 Å². The second-order valence-corrected chi connectivity index (χ2v) is 4.81. The smallest absolute Gasteiger partial charge is 0.260 e. The monoisotopic (exact) mass is 301 g/mol. The lowest BCUT2D eigenvalue weighted by molar-refractivity contribution is -0.132. The summed E-state index contributed by atoms with van der Waals surface area (Å²) in [7, 11) is 0. The maximum absolute atomic E-state index is 13.2. The Morgan fingerprint density at radius 2 is 2.12 bits per heavy atom. The van der Waals surface area contributed by atoms with Crippen molar-refractivity contribution in [2.24, 2.45) is 0 Å². The first-order chi connectivity index (χ1) is 8.16. The third kappa shape index (κ3) is 3.19. The molecule has 1 fully saturated rings. The number of nitrogens with zero attached hydrogens (tertiary/aromatic N) is 1. The standard InChI is InChI=1S/C12H13BrFNO2/c13-10-4-3-9(7-11(10)14)17-8-12(16)15-5-1-2-6-15/h3-4,7H,1-2,5-6,8H2. The molecule has 1 saturated heterocycles. The summed E-state index contributed by atoms with van der Waals surface area (Å²) in [6, 6.07) is 4.46. The van der Waals surface area contributed by atoms with Gasteiger partial charge in [0.15, 0.2) is 6.61 Å². The molecule has 1 aromatic rings. The van der Waals surface area contributed by atoms with Gasteiger partial charge in [-0.1, -0.05) is 0 Å². The molecule has 0 radical (unpaired) electrons. The lowest BCUT2D eigenvalue weighted by Crippen LogP contribution is -2.32. The summed E-state index contributed by atoms with van der Waals surface area (Å²) in [4.78, 5) is 13.4. The van der Waals surface area contributed by atoms with Crippen molar-refractivity contribution in [1.29, 1.82) is 0 Å². The predicted octanol–water partition coefficient (Wildman–Crippen LogP) is 2.59. The molecule has 2 rings (SSSR count). The highest BCUT2D eigenvalue weighted by Crippen LogP contribution is 2.21. The van der Waals surface area contributed by atoms with Gasteiger partial charge in [-0.25, -0.2) is 4.39 Å². The molecule has 0 saturated carbocycles. The minimum atomic E-state index is -0.392. The fraction of sp³-hybridized carbons (Fsp3) is 0.417. The molecular weight excluding hydrogens is 289 g/mol. The van der Waals surface area contributed by atoms with Gasteiger partial charge in [0, 0.05) is 19.2 Å². The minimum absolute atomic E-state index is 0.0267. The molecule has 0 N–H and O–H groups in total. The summed E-state index contributed by atoms with van der Waals surface area (Å²) in [6.45, 7) is 1.58. The summed E-state index contributed by atoms with van der Waals surface area (Å²) < 4.78 is 18.8. The van der Waals surface area contributed by atoms with Gasteiger partial charge in [0.05, 0.1) is 4.47 Å². The van der Waals surface area contributed by atoms with E-state index < -0.39 is 5.82 Å². The zero-order chi connectivity index (χ0) is 12.3. The van der Waals surface area contributed by atoms with Gasteiger partial charge in [-0.3, -0.25) is 4.79 Å². The van der Waals surface area contributed by atoms with E-state index in [-0.39, 0.29) is 12.5 Å². The summed E-state index contributed by atoms with van der Waals surface area (Å²) in [5, 5.41) is 0. The first-order valence-electron chi connectivity index (χ1n) is 5.52. The van der Waals surface area contributed by atoms with E-state index in [4.69, 9.17) is 4.74 Å². The van der Waals surface area contributed by atoms with E-state index in [1.807, 2.05) is 0 Å². The van der Waals surface area contributed by atoms with Crippen LogP contribution in [0, 0.1) is 5.82 Å². The van der Waals surface area contributed by atoms with Crippen LogP contribution in [0.15, 0.2) is 22.7 Å². The molecule has 1 aromatic carbocycles. The Morgan fingerprint density at radius 1 is 1.41 bits per heavy atom. The number of likely N-dealkylation sites (tertiary alicyclic amines) is 1. The van der Waals surface area contributed by atoms with Crippen molar-refractivity contribution < 1.29 is 13.9 Å². The van der Waals surface area contributed by atoms with E-state index in [1.54, 1.807) is 17.0 Å². The van der Waals surface area contributed by atoms with E-state index >= 15 is 0 Å². The first-order valence-corrected chi connectivity index (χ1v) is 6.32. The van der Waals surface area contributed by atoms with Crippen molar-refractivity contribution in [2.75, 3.05) is 19.7 Å². The Labute approximate surface area is 108 Å². The van der Waals surface area contributed by atoms with E-state index in [0.717, 1.165) is 25.9 Å². The van der Waals surface area contributed by atoms with Crippen LogP contribution < -0.4 is 4.74 Å². The van der Waals surface area contributed by atoms with E-state index in [0.29, 0.717) is 10.2 Å². The highest BCUT2D eigenvalue weighted by molar-refractivity contribution is 9.10. The molecule has 5 heteroatoms. The highest BCUT2D eigenvalue weighted by Gasteiger charge is 2.18. The Morgan fingerprint density at radius 3 is 2.76 bits per heavy atom. The van der Waals surface area contributed by atoms with Gasteiger partial charge in [-0.15, -0.1) is 0 Å². The predicted molar refractivity (Wildman–Crippen MR) is 65.4 cm³/mol. The van der Waals surface area contributed by atoms with Crippen LogP contribution in [-0.4, -0.2) is 30.5 Å². The quantitative estimate of drug-likeness (QED) is 0.859. The average Bonchev–Trinajstić information content (AvgIpc) is 2.84. The maximum Gasteiger partial charge on any atom is 0.260 e. The fourth-order valence-corrected chi connectivity index (χ4v) is 2.02. The maximum atomic E-state index is 13.2. The number of carbonyl (C=O) groups excluding carboxylic acids is 1. The van der Waals surface area contributed by atoms with Gasteiger partial charge >= 0.3 is 0 Å². The topological polar surface area (TPSA) is 29.5 Å². The van der Waals surface area contributed by atoms with Crippen LogP contribution in [0.3, 0.4) is 0 Å². The van der Waals surface area contributed by atoms with Crippen LogP contribution in [0.2, 0.25) is 0 Å². The first kappa shape index (κ1) is 12.4. The minimum Gasteiger partial charge on any atom is -0.484 e. The van der Waals surface area contributed by atoms with Crippen LogP contribution >= 0.6 is 15.9 Å². The largest absolute Gasteiger partial charge is 0.484 e. The summed E-state index contributed by atoms with van der Waals surface area (Å²) >= 11 is 3.06.